The lowest BCUT2D eigenvalue weighted by atomic mass is 10.0. The number of ether oxygens (including phenoxy) is 3. The highest BCUT2D eigenvalue weighted by Gasteiger charge is 2.35. The van der Waals surface area contributed by atoms with Gasteiger partial charge in [-0.3, -0.25) is 14.5 Å². The van der Waals surface area contributed by atoms with Crippen molar-refractivity contribution in [2.24, 2.45) is 0 Å². The van der Waals surface area contributed by atoms with Crippen LogP contribution in [0, 0.1) is 0 Å². The lowest BCUT2D eigenvalue weighted by molar-refractivity contribution is -0.146. The molecule has 0 aliphatic carbocycles. The van der Waals surface area contributed by atoms with E-state index in [1.807, 2.05) is 0 Å². The second kappa shape index (κ2) is 13.6. The van der Waals surface area contributed by atoms with E-state index in [4.69, 9.17) is 14.2 Å². The minimum atomic E-state index is -1.65. The highest BCUT2D eigenvalue weighted by atomic mass is 16.6. The average Bonchev–Trinajstić information content (AvgIpc) is 2.87. The molecule has 0 aliphatic heterocycles. The minimum Gasteiger partial charge on any atom is -0.497 e. The van der Waals surface area contributed by atoms with E-state index in [0.29, 0.717) is 16.2 Å². The van der Waals surface area contributed by atoms with Gasteiger partial charge in [-0.05, 0) is 23.3 Å². The number of carboxylic acid groups (broad SMARTS) is 1. The maximum Gasteiger partial charge on any atom is 0.412 e. The molecule has 0 aromatic heterocycles. The fraction of sp³-hybridized carbons (Fsp3) is 0.333. The molecule has 0 saturated carbocycles. The Kier molecular flexibility index (Phi) is 10.5. The van der Waals surface area contributed by atoms with Crippen molar-refractivity contribution in [2.45, 2.75) is 31.5 Å². The van der Waals surface area contributed by atoms with Gasteiger partial charge >= 0.3 is 18.0 Å². The molecular weight excluding hydrogens is 460 g/mol. The van der Waals surface area contributed by atoms with Gasteiger partial charge in [0.05, 0.1) is 20.6 Å². The number of nitrogens with zero attached hydrogens (tertiary/aromatic N) is 1. The number of carbonyl (C=O) groups is 4. The number of aliphatic hydroxyl groups excluding tert-OH is 1. The van der Waals surface area contributed by atoms with Gasteiger partial charge < -0.3 is 29.7 Å². The van der Waals surface area contributed by atoms with Gasteiger partial charge in [0, 0.05) is 6.42 Å². The normalized spacial score (nSPS) is 12.1. The van der Waals surface area contributed by atoms with Crippen LogP contribution in [-0.2, 0) is 36.9 Å². The molecule has 2 aromatic rings. The topological polar surface area (TPSA) is 152 Å². The van der Waals surface area contributed by atoms with Crippen molar-refractivity contribution in [2.75, 3.05) is 21.0 Å². The summed E-state index contributed by atoms with van der Waals surface area (Å²) in [5.41, 5.74) is 1.32. The number of nitrogens with one attached hydrogen (secondary N) is 1. The first-order valence-electron chi connectivity index (χ1n) is 10.6. The van der Waals surface area contributed by atoms with Crippen LogP contribution in [0.2, 0.25) is 0 Å². The third kappa shape index (κ3) is 8.31. The molecule has 11 heteroatoms. The number of methoxy groups -OCH3 is 2. The number of amides is 2. The average molecular weight is 488 g/mol. The number of carbonyl (C=O) groups excluding carboxylic acids is 3. The molecule has 0 saturated heterocycles. The van der Waals surface area contributed by atoms with Crippen molar-refractivity contribution in [3.05, 3.63) is 65.7 Å². The Balaban J connectivity index is 2.15. The van der Waals surface area contributed by atoms with Crippen LogP contribution in [-0.4, -0.2) is 72.1 Å². The van der Waals surface area contributed by atoms with Crippen LogP contribution in [0.4, 0.5) is 4.79 Å². The molecule has 0 bridgehead atoms. The molecule has 0 heterocycles. The number of rotatable bonds is 12. The first-order chi connectivity index (χ1) is 16.8. The van der Waals surface area contributed by atoms with E-state index in [2.05, 4.69) is 5.32 Å². The minimum absolute atomic E-state index is 0.0695. The summed E-state index contributed by atoms with van der Waals surface area (Å²) >= 11 is 0. The summed E-state index contributed by atoms with van der Waals surface area (Å²) in [5.74, 6) is -2.52. The maximum atomic E-state index is 13.0. The molecule has 188 valence electrons. The molecule has 0 spiro atoms. The smallest absolute Gasteiger partial charge is 0.412 e. The molecule has 11 nitrogen and oxygen atoms in total. The van der Waals surface area contributed by atoms with Gasteiger partial charge in [0.1, 0.15) is 31.2 Å². The third-order valence-corrected chi connectivity index (χ3v) is 5.04. The van der Waals surface area contributed by atoms with Gasteiger partial charge in [0.2, 0.25) is 5.91 Å². The van der Waals surface area contributed by atoms with E-state index in [9.17, 15) is 29.4 Å². The molecule has 35 heavy (non-hydrogen) atoms. The molecule has 2 amide bonds. The second-order valence-corrected chi connectivity index (χ2v) is 7.40. The van der Waals surface area contributed by atoms with E-state index in [-0.39, 0.29) is 13.0 Å². The predicted molar refractivity (Wildman–Crippen MR) is 122 cm³/mol. The second-order valence-electron chi connectivity index (χ2n) is 7.40. The molecule has 0 radical (unpaired) electrons. The van der Waals surface area contributed by atoms with Gasteiger partial charge in [-0.25, -0.2) is 9.59 Å². The van der Waals surface area contributed by atoms with Crippen LogP contribution >= 0.6 is 0 Å². The molecule has 0 aliphatic rings. The lowest BCUT2D eigenvalue weighted by Crippen LogP contribution is -2.55. The predicted octanol–water partition coefficient (Wildman–Crippen LogP) is 1.33. The maximum absolute atomic E-state index is 13.0. The number of aliphatic hydroxyl groups is 1. The van der Waals surface area contributed by atoms with Gasteiger partial charge in [0.15, 0.2) is 0 Å². The summed E-state index contributed by atoms with van der Waals surface area (Å²) in [6.45, 7) is -1.19. The number of hydrogen-bond acceptors (Lipinski definition) is 8. The van der Waals surface area contributed by atoms with Crippen molar-refractivity contribution < 1.29 is 43.6 Å². The SMILES string of the molecule is COC(=O)[C@H](Cc1ccccc1)NC(=O)[C@H](CC(=O)O)N(CO)C(=O)OCc1ccc(OC)cc1. The zero-order valence-electron chi connectivity index (χ0n) is 19.4. The fourth-order valence-corrected chi connectivity index (χ4v) is 3.20. The molecule has 2 aromatic carbocycles. The van der Waals surface area contributed by atoms with E-state index in [1.165, 1.54) is 7.11 Å². The molecule has 0 unspecified atom stereocenters. The van der Waals surface area contributed by atoms with Crippen LogP contribution < -0.4 is 10.1 Å². The van der Waals surface area contributed by atoms with E-state index in [1.54, 1.807) is 54.6 Å². The van der Waals surface area contributed by atoms with Gasteiger partial charge in [-0.1, -0.05) is 42.5 Å². The number of benzene rings is 2. The first kappa shape index (κ1) is 27.1. The standard InChI is InChI=1S/C24H28N2O9/c1-33-18-10-8-17(9-11-18)14-35-24(32)26(15-27)20(13-21(28)29)22(30)25-19(23(31)34-2)12-16-6-4-3-5-7-16/h3-11,19-20,27H,12-15H2,1-2H3,(H,25,30)(H,28,29)/t19-,20-/m0/s1. The number of carboxylic acids is 1. The van der Waals surface area contributed by atoms with Crippen molar-refractivity contribution in [1.29, 1.82) is 0 Å². The summed E-state index contributed by atoms with van der Waals surface area (Å²) in [6, 6.07) is 12.6. The molecule has 3 N–H and O–H groups in total. The zero-order chi connectivity index (χ0) is 25.8. The quantitative estimate of drug-likeness (QED) is 0.297. The highest BCUT2D eigenvalue weighted by Crippen LogP contribution is 2.14. The van der Waals surface area contributed by atoms with E-state index < -0.39 is 49.2 Å². The van der Waals surface area contributed by atoms with E-state index in [0.717, 1.165) is 12.7 Å². The van der Waals surface area contributed by atoms with Crippen molar-refractivity contribution in [1.82, 2.24) is 10.2 Å². The lowest BCUT2D eigenvalue weighted by Gasteiger charge is -2.28. The number of aliphatic carboxylic acids is 1. The fourth-order valence-electron chi connectivity index (χ4n) is 3.20. The summed E-state index contributed by atoms with van der Waals surface area (Å²) in [6.07, 6.45) is -1.87. The Hall–Kier alpha value is -4.12. The van der Waals surface area contributed by atoms with Crippen LogP contribution in [0.25, 0.3) is 0 Å². The van der Waals surface area contributed by atoms with Crippen LogP contribution in [0.5, 0.6) is 5.75 Å². The Bertz CT molecular complexity index is 996. The summed E-state index contributed by atoms with van der Waals surface area (Å²) in [5, 5.41) is 21.5. The van der Waals surface area contributed by atoms with E-state index >= 15 is 0 Å². The molecular formula is C24H28N2O9. The van der Waals surface area contributed by atoms with Crippen LogP contribution in [0.1, 0.15) is 17.5 Å². The van der Waals surface area contributed by atoms with Crippen LogP contribution in [0.3, 0.4) is 0 Å². The zero-order valence-corrected chi connectivity index (χ0v) is 19.4. The summed E-state index contributed by atoms with van der Waals surface area (Å²) in [4.78, 5) is 49.9. The van der Waals surface area contributed by atoms with Crippen molar-refractivity contribution in [3.63, 3.8) is 0 Å². The Morgan fingerprint density at radius 1 is 0.971 bits per heavy atom. The van der Waals surface area contributed by atoms with Crippen molar-refractivity contribution in [3.8, 4) is 5.75 Å². The number of esters is 1. The first-order valence-corrected chi connectivity index (χ1v) is 10.6. The van der Waals surface area contributed by atoms with Crippen LogP contribution in [0.15, 0.2) is 54.6 Å². The molecule has 2 atom stereocenters. The number of hydrogen-bond donors (Lipinski definition) is 3. The van der Waals surface area contributed by atoms with Gasteiger partial charge in [-0.2, -0.15) is 0 Å². The largest absolute Gasteiger partial charge is 0.497 e. The molecule has 2 rings (SSSR count). The third-order valence-electron chi connectivity index (χ3n) is 5.04. The highest BCUT2D eigenvalue weighted by molar-refractivity contribution is 5.92. The monoisotopic (exact) mass is 488 g/mol. The molecule has 0 fully saturated rings. The van der Waals surface area contributed by atoms with Gasteiger partial charge in [-0.15, -0.1) is 0 Å². The Morgan fingerprint density at radius 3 is 2.17 bits per heavy atom. The van der Waals surface area contributed by atoms with Crippen molar-refractivity contribution >= 4 is 23.9 Å². The Morgan fingerprint density at radius 2 is 1.63 bits per heavy atom. The summed E-state index contributed by atoms with van der Waals surface area (Å²) < 4.78 is 15.0. The Labute approximate surface area is 202 Å². The van der Waals surface area contributed by atoms with Gasteiger partial charge in [0.25, 0.3) is 0 Å². The summed E-state index contributed by atoms with van der Waals surface area (Å²) in [7, 11) is 2.66.